The first-order valence-corrected chi connectivity index (χ1v) is 13.0. The lowest BCUT2D eigenvalue weighted by molar-refractivity contribution is -0.118. The molecule has 8 heteroatoms. The average molecular weight is 483 g/mol. The molecule has 180 valence electrons. The summed E-state index contributed by atoms with van der Waals surface area (Å²) in [6.07, 6.45) is 2.10. The Bertz CT molecular complexity index is 1250. The molecule has 0 spiro atoms. The normalized spacial score (nSPS) is 17.1. The van der Waals surface area contributed by atoms with E-state index in [1.807, 2.05) is 30.3 Å². The SMILES string of the molecule is CC(C)[C@@H](NS(=O)(=O)c1ccc2ccccc2c1)C(=O)Nc1cccc(OC[C@@H]2CCCO2)c1. The van der Waals surface area contributed by atoms with Crippen molar-refractivity contribution in [2.45, 2.75) is 43.7 Å². The molecule has 1 saturated heterocycles. The van der Waals surface area contributed by atoms with Gasteiger partial charge in [0.05, 0.1) is 11.0 Å². The summed E-state index contributed by atoms with van der Waals surface area (Å²) >= 11 is 0. The van der Waals surface area contributed by atoms with Crippen molar-refractivity contribution in [1.82, 2.24) is 4.72 Å². The van der Waals surface area contributed by atoms with Crippen LogP contribution in [-0.2, 0) is 19.6 Å². The van der Waals surface area contributed by atoms with Gasteiger partial charge in [-0.05, 0) is 53.8 Å². The van der Waals surface area contributed by atoms with E-state index in [0.717, 1.165) is 30.2 Å². The fourth-order valence-corrected chi connectivity index (χ4v) is 5.29. The number of benzene rings is 3. The van der Waals surface area contributed by atoms with Gasteiger partial charge in [-0.2, -0.15) is 4.72 Å². The maximum absolute atomic E-state index is 13.1. The second kappa shape index (κ2) is 10.5. The van der Waals surface area contributed by atoms with Gasteiger partial charge in [0.25, 0.3) is 0 Å². The predicted molar refractivity (Wildman–Crippen MR) is 132 cm³/mol. The van der Waals surface area contributed by atoms with Crippen LogP contribution >= 0.6 is 0 Å². The molecule has 2 atom stereocenters. The van der Waals surface area contributed by atoms with Crippen LogP contribution in [0.4, 0.5) is 5.69 Å². The quantitative estimate of drug-likeness (QED) is 0.473. The zero-order valence-electron chi connectivity index (χ0n) is 19.4. The Morgan fingerprint density at radius 3 is 2.59 bits per heavy atom. The minimum Gasteiger partial charge on any atom is -0.491 e. The lowest BCUT2D eigenvalue weighted by Gasteiger charge is -2.22. The number of amides is 1. The molecule has 1 amide bonds. The van der Waals surface area contributed by atoms with E-state index in [1.165, 1.54) is 0 Å². The van der Waals surface area contributed by atoms with E-state index in [2.05, 4.69) is 10.0 Å². The van der Waals surface area contributed by atoms with Gasteiger partial charge in [0.1, 0.15) is 18.4 Å². The maximum Gasteiger partial charge on any atom is 0.242 e. The standard InChI is InChI=1S/C26H30N2O5S/c1-18(2)25(28-34(30,31)24-13-12-19-7-3-4-8-20(19)15-24)26(29)27-21-9-5-10-22(16-21)33-17-23-11-6-14-32-23/h3-5,7-10,12-13,15-16,18,23,25,28H,6,11,14,17H2,1-2H3,(H,27,29)/t23-,25+/m0/s1. The molecule has 0 aliphatic carbocycles. The fraction of sp³-hybridized carbons (Fsp3) is 0.346. The third-order valence-electron chi connectivity index (χ3n) is 5.82. The Morgan fingerprint density at radius 2 is 1.85 bits per heavy atom. The highest BCUT2D eigenvalue weighted by Crippen LogP contribution is 2.22. The molecular formula is C26H30N2O5S. The van der Waals surface area contributed by atoms with Crippen LogP contribution in [0.1, 0.15) is 26.7 Å². The summed E-state index contributed by atoms with van der Waals surface area (Å²) in [6, 6.07) is 18.6. The smallest absolute Gasteiger partial charge is 0.242 e. The molecule has 3 aromatic rings. The molecule has 0 radical (unpaired) electrons. The highest BCUT2D eigenvalue weighted by Gasteiger charge is 2.28. The molecule has 1 aliphatic rings. The molecule has 34 heavy (non-hydrogen) atoms. The van der Waals surface area contributed by atoms with E-state index in [4.69, 9.17) is 9.47 Å². The molecule has 2 N–H and O–H groups in total. The molecule has 1 aliphatic heterocycles. The number of sulfonamides is 1. The van der Waals surface area contributed by atoms with Gasteiger partial charge >= 0.3 is 0 Å². The summed E-state index contributed by atoms with van der Waals surface area (Å²) in [6.45, 7) is 4.82. The first-order valence-electron chi connectivity index (χ1n) is 11.5. The third-order valence-corrected chi connectivity index (χ3v) is 7.26. The van der Waals surface area contributed by atoms with E-state index in [0.29, 0.717) is 18.0 Å². The number of hydrogen-bond donors (Lipinski definition) is 2. The first-order chi connectivity index (χ1) is 16.3. The number of nitrogens with one attached hydrogen (secondary N) is 2. The van der Waals surface area contributed by atoms with Crippen LogP contribution in [0.3, 0.4) is 0 Å². The zero-order chi connectivity index (χ0) is 24.1. The number of ether oxygens (including phenoxy) is 2. The van der Waals surface area contributed by atoms with Crippen LogP contribution in [0.25, 0.3) is 10.8 Å². The second-order valence-corrected chi connectivity index (χ2v) is 10.5. The van der Waals surface area contributed by atoms with Gasteiger partial charge in [0.15, 0.2) is 0 Å². The lowest BCUT2D eigenvalue weighted by atomic mass is 10.0. The zero-order valence-corrected chi connectivity index (χ0v) is 20.2. The van der Waals surface area contributed by atoms with Crippen molar-refractivity contribution >= 4 is 32.4 Å². The molecule has 4 rings (SSSR count). The summed E-state index contributed by atoms with van der Waals surface area (Å²) in [5.41, 5.74) is 0.533. The van der Waals surface area contributed by atoms with E-state index < -0.39 is 22.0 Å². The summed E-state index contributed by atoms with van der Waals surface area (Å²) in [7, 11) is -3.91. The minimum absolute atomic E-state index is 0.0908. The first kappa shape index (κ1) is 24.2. The molecular weight excluding hydrogens is 452 g/mol. The average Bonchev–Trinajstić information content (AvgIpc) is 3.35. The van der Waals surface area contributed by atoms with Gasteiger partial charge in [-0.15, -0.1) is 0 Å². The van der Waals surface area contributed by atoms with Crippen molar-refractivity contribution < 1.29 is 22.7 Å². The summed E-state index contributed by atoms with van der Waals surface area (Å²) in [5.74, 6) is -0.0871. The van der Waals surface area contributed by atoms with Crippen molar-refractivity contribution in [2.75, 3.05) is 18.5 Å². The number of carbonyl (C=O) groups is 1. The Balaban J connectivity index is 1.45. The van der Waals surface area contributed by atoms with Gasteiger partial charge in [-0.25, -0.2) is 8.42 Å². The van der Waals surface area contributed by atoms with Gasteiger partial charge in [0.2, 0.25) is 15.9 Å². The van der Waals surface area contributed by atoms with Crippen molar-refractivity contribution in [1.29, 1.82) is 0 Å². The number of anilines is 1. The van der Waals surface area contributed by atoms with Crippen LogP contribution in [0.15, 0.2) is 71.6 Å². The molecule has 3 aromatic carbocycles. The molecule has 0 saturated carbocycles. The largest absolute Gasteiger partial charge is 0.491 e. The van der Waals surface area contributed by atoms with E-state index >= 15 is 0 Å². The Morgan fingerprint density at radius 1 is 1.06 bits per heavy atom. The van der Waals surface area contributed by atoms with Crippen molar-refractivity contribution in [3.63, 3.8) is 0 Å². The highest BCUT2D eigenvalue weighted by atomic mass is 32.2. The van der Waals surface area contributed by atoms with Gasteiger partial charge in [-0.1, -0.05) is 50.2 Å². The van der Waals surface area contributed by atoms with E-state index in [-0.39, 0.29) is 16.9 Å². The van der Waals surface area contributed by atoms with Crippen LogP contribution in [0, 0.1) is 5.92 Å². The topological polar surface area (TPSA) is 93.7 Å². The summed E-state index contributed by atoms with van der Waals surface area (Å²) in [4.78, 5) is 13.2. The molecule has 0 bridgehead atoms. The van der Waals surface area contributed by atoms with Crippen molar-refractivity contribution in [3.8, 4) is 5.75 Å². The highest BCUT2D eigenvalue weighted by molar-refractivity contribution is 7.89. The third kappa shape index (κ3) is 5.94. The maximum atomic E-state index is 13.1. The summed E-state index contributed by atoms with van der Waals surface area (Å²) in [5, 5.41) is 4.58. The number of fused-ring (bicyclic) bond motifs is 1. The van der Waals surface area contributed by atoms with Gasteiger partial charge < -0.3 is 14.8 Å². The number of carbonyl (C=O) groups excluding carboxylic acids is 1. The Kier molecular flexibility index (Phi) is 7.50. The lowest BCUT2D eigenvalue weighted by Crippen LogP contribution is -2.47. The van der Waals surface area contributed by atoms with Crippen molar-refractivity contribution in [3.05, 3.63) is 66.7 Å². The van der Waals surface area contributed by atoms with Crippen LogP contribution in [0.5, 0.6) is 5.75 Å². The predicted octanol–water partition coefficient (Wildman–Crippen LogP) is 4.34. The van der Waals surface area contributed by atoms with Crippen molar-refractivity contribution in [2.24, 2.45) is 5.92 Å². The Hall–Kier alpha value is -2.94. The summed E-state index contributed by atoms with van der Waals surface area (Å²) < 4.78 is 40.1. The molecule has 1 fully saturated rings. The molecule has 0 aromatic heterocycles. The molecule has 0 unspecified atom stereocenters. The van der Waals surface area contributed by atoms with Crippen LogP contribution < -0.4 is 14.8 Å². The van der Waals surface area contributed by atoms with E-state index in [1.54, 1.807) is 50.2 Å². The minimum atomic E-state index is -3.91. The second-order valence-electron chi connectivity index (χ2n) is 8.82. The van der Waals surface area contributed by atoms with E-state index in [9.17, 15) is 13.2 Å². The number of rotatable bonds is 9. The number of hydrogen-bond acceptors (Lipinski definition) is 5. The van der Waals surface area contributed by atoms with Crippen LogP contribution in [-0.4, -0.2) is 39.7 Å². The van der Waals surface area contributed by atoms with Crippen LogP contribution in [0.2, 0.25) is 0 Å². The monoisotopic (exact) mass is 482 g/mol. The fourth-order valence-electron chi connectivity index (χ4n) is 3.91. The Labute approximate surface area is 200 Å². The van der Waals surface area contributed by atoms with Gasteiger partial charge in [-0.3, -0.25) is 4.79 Å². The molecule has 7 nitrogen and oxygen atoms in total. The van der Waals surface area contributed by atoms with Gasteiger partial charge in [0, 0.05) is 18.4 Å². The molecule has 1 heterocycles.